The molecule has 2 aromatic carbocycles. The van der Waals surface area contributed by atoms with Gasteiger partial charge in [-0.1, -0.05) is 18.2 Å². The third-order valence-electron chi connectivity index (χ3n) is 5.78. The van der Waals surface area contributed by atoms with E-state index in [9.17, 15) is 18.0 Å². The average Bonchev–Trinajstić information content (AvgIpc) is 3.43. The van der Waals surface area contributed by atoms with Gasteiger partial charge in [-0.05, 0) is 48.3 Å². The maximum Gasteiger partial charge on any atom is 0.272 e. The monoisotopic (exact) mass is 510 g/mol. The van der Waals surface area contributed by atoms with Crippen molar-refractivity contribution < 1.29 is 18.0 Å². The minimum Gasteiger partial charge on any atom is -0.335 e. The predicted octanol–water partition coefficient (Wildman–Crippen LogP) is 1.92. The van der Waals surface area contributed by atoms with Crippen LogP contribution in [0.5, 0.6) is 0 Å². The molecule has 0 radical (unpaired) electrons. The molecule has 0 aliphatic carbocycles. The molecule has 3 aromatic rings. The molecule has 3 heterocycles. The summed E-state index contributed by atoms with van der Waals surface area (Å²) in [5.74, 6) is -0.271. The minimum atomic E-state index is -3.88. The molecule has 180 valence electrons. The van der Waals surface area contributed by atoms with Gasteiger partial charge in [0.2, 0.25) is 0 Å². The van der Waals surface area contributed by atoms with Gasteiger partial charge in [-0.3, -0.25) is 19.3 Å². The van der Waals surface area contributed by atoms with E-state index in [4.69, 9.17) is 0 Å². The van der Waals surface area contributed by atoms with Crippen LogP contribution in [-0.2, 0) is 14.8 Å². The van der Waals surface area contributed by atoms with Crippen LogP contribution >= 0.6 is 11.9 Å². The third-order valence-corrected chi connectivity index (χ3v) is 7.76. The van der Waals surface area contributed by atoms with Crippen molar-refractivity contribution in [2.24, 2.45) is 0 Å². The van der Waals surface area contributed by atoms with Gasteiger partial charge in [0.25, 0.3) is 21.8 Å². The maximum atomic E-state index is 13.0. The molecular formula is C23H22N6O4S2. The normalized spacial score (nSPS) is 16.1. The molecule has 0 bridgehead atoms. The van der Waals surface area contributed by atoms with Crippen molar-refractivity contribution in [3.8, 4) is 0 Å². The number of aromatic nitrogens is 1. The summed E-state index contributed by atoms with van der Waals surface area (Å²) in [6.45, 7) is 1.71. The number of hydrogen-bond donors (Lipinski definition) is 3. The van der Waals surface area contributed by atoms with Crippen LogP contribution in [0.15, 0.2) is 76.8 Å². The van der Waals surface area contributed by atoms with Gasteiger partial charge >= 0.3 is 0 Å². The molecule has 1 fully saturated rings. The Hall–Kier alpha value is -3.61. The summed E-state index contributed by atoms with van der Waals surface area (Å²) in [5.41, 5.74) is 4.47. The van der Waals surface area contributed by atoms with Gasteiger partial charge in [0.05, 0.1) is 5.52 Å². The van der Waals surface area contributed by atoms with E-state index in [-0.39, 0.29) is 16.7 Å². The number of pyridine rings is 1. The number of sulfonamides is 1. The van der Waals surface area contributed by atoms with Crippen molar-refractivity contribution in [1.29, 1.82) is 0 Å². The van der Waals surface area contributed by atoms with E-state index < -0.39 is 10.0 Å². The first-order chi connectivity index (χ1) is 16.9. The van der Waals surface area contributed by atoms with Crippen LogP contribution < -0.4 is 15.0 Å². The second kappa shape index (κ2) is 9.56. The Labute approximate surface area is 206 Å². The first-order valence-corrected chi connectivity index (χ1v) is 13.2. The molecular weight excluding hydrogens is 488 g/mol. The number of hydrazine groups is 1. The van der Waals surface area contributed by atoms with E-state index in [0.717, 1.165) is 5.39 Å². The highest BCUT2D eigenvalue weighted by Crippen LogP contribution is 2.24. The molecule has 1 aromatic heterocycles. The van der Waals surface area contributed by atoms with Crippen LogP contribution in [0.25, 0.3) is 10.9 Å². The fourth-order valence-electron chi connectivity index (χ4n) is 3.96. The minimum absolute atomic E-state index is 0.0844. The van der Waals surface area contributed by atoms with Gasteiger partial charge in [-0.15, -0.1) is 0 Å². The van der Waals surface area contributed by atoms with E-state index in [2.05, 4.69) is 20.0 Å². The standard InChI is InChI=1S/C23H22N6O4S2/c30-22(28-11-13-29(14-12-28)23(31)19-15-34-27-25-19)17-6-8-18(9-7-17)26-35(32,33)20-5-1-3-16-4-2-10-24-21(16)20/h1-10,15,25-27H,11-14H2. The summed E-state index contributed by atoms with van der Waals surface area (Å²) in [7, 11) is -3.88. The Kier molecular flexibility index (Phi) is 6.32. The van der Waals surface area contributed by atoms with Gasteiger partial charge in [0.1, 0.15) is 10.6 Å². The van der Waals surface area contributed by atoms with Crippen LogP contribution in [0.1, 0.15) is 10.4 Å². The number of para-hydroxylation sites is 1. The summed E-state index contributed by atoms with van der Waals surface area (Å²) in [4.78, 5) is 35.9. The molecule has 2 aliphatic heterocycles. The van der Waals surface area contributed by atoms with Crippen LogP contribution in [-0.4, -0.2) is 61.2 Å². The lowest BCUT2D eigenvalue weighted by molar-refractivity contribution is -0.129. The highest BCUT2D eigenvalue weighted by Gasteiger charge is 2.27. The summed E-state index contributed by atoms with van der Waals surface area (Å²) >= 11 is 1.30. The molecule has 3 N–H and O–H groups in total. The molecule has 1 saturated heterocycles. The molecule has 2 amide bonds. The predicted molar refractivity (Wildman–Crippen MR) is 133 cm³/mol. The van der Waals surface area contributed by atoms with E-state index in [1.165, 1.54) is 18.0 Å². The lowest BCUT2D eigenvalue weighted by atomic mass is 10.1. The molecule has 5 rings (SSSR count). The zero-order valence-corrected chi connectivity index (χ0v) is 20.1. The van der Waals surface area contributed by atoms with E-state index >= 15 is 0 Å². The molecule has 2 aliphatic rings. The van der Waals surface area contributed by atoms with Crippen molar-refractivity contribution in [3.05, 3.63) is 77.5 Å². The molecule has 0 spiro atoms. The number of rotatable bonds is 5. The SMILES string of the molecule is O=C(C1=CSNN1)N1CCN(C(=O)c2ccc(NS(=O)(=O)c3cccc4cccnc34)cc2)CC1. The number of nitrogens with zero attached hydrogens (tertiary/aromatic N) is 3. The summed E-state index contributed by atoms with van der Waals surface area (Å²) in [6, 6.07) is 14.8. The Morgan fingerprint density at radius 2 is 1.60 bits per heavy atom. The topological polar surface area (TPSA) is 124 Å². The van der Waals surface area contributed by atoms with Crippen molar-refractivity contribution in [2.45, 2.75) is 4.90 Å². The Morgan fingerprint density at radius 1 is 0.914 bits per heavy atom. The number of fused-ring (bicyclic) bond motifs is 1. The van der Waals surface area contributed by atoms with Crippen molar-refractivity contribution in [2.75, 3.05) is 30.9 Å². The van der Waals surface area contributed by atoms with Gasteiger partial charge in [0.15, 0.2) is 0 Å². The number of carbonyl (C=O) groups is 2. The maximum absolute atomic E-state index is 13.0. The highest BCUT2D eigenvalue weighted by atomic mass is 32.2. The molecule has 12 heteroatoms. The Bertz CT molecular complexity index is 1410. The number of anilines is 1. The first kappa shape index (κ1) is 23.1. The van der Waals surface area contributed by atoms with Crippen molar-refractivity contribution in [1.82, 2.24) is 25.0 Å². The summed E-state index contributed by atoms with van der Waals surface area (Å²) in [6.07, 6.45) is 1.55. The quantitative estimate of drug-likeness (QED) is 0.445. The molecule has 10 nitrogen and oxygen atoms in total. The number of benzene rings is 2. The second-order valence-corrected chi connectivity index (χ2v) is 10.3. The lowest BCUT2D eigenvalue weighted by Crippen LogP contribution is -2.51. The summed E-state index contributed by atoms with van der Waals surface area (Å²) in [5, 5.41) is 2.44. The molecule has 0 unspecified atom stereocenters. The molecule has 0 atom stereocenters. The largest absolute Gasteiger partial charge is 0.335 e. The van der Waals surface area contributed by atoms with Crippen molar-refractivity contribution in [3.63, 3.8) is 0 Å². The molecule has 0 saturated carbocycles. The zero-order valence-electron chi connectivity index (χ0n) is 18.5. The Morgan fingerprint density at radius 3 is 2.29 bits per heavy atom. The van der Waals surface area contributed by atoms with Crippen LogP contribution in [0.2, 0.25) is 0 Å². The van der Waals surface area contributed by atoms with Gasteiger partial charge in [-0.25, -0.2) is 8.42 Å². The fraction of sp³-hybridized carbons (Fsp3) is 0.174. The Balaban J connectivity index is 1.23. The van der Waals surface area contributed by atoms with Gasteiger partial charge < -0.3 is 15.2 Å². The van der Waals surface area contributed by atoms with Crippen LogP contribution in [0.4, 0.5) is 5.69 Å². The number of carbonyl (C=O) groups excluding carboxylic acids is 2. The number of amides is 2. The fourth-order valence-corrected chi connectivity index (χ4v) is 5.70. The van der Waals surface area contributed by atoms with E-state index in [1.807, 2.05) is 0 Å². The molecule has 35 heavy (non-hydrogen) atoms. The van der Waals surface area contributed by atoms with E-state index in [0.29, 0.717) is 48.6 Å². The third kappa shape index (κ3) is 4.81. The van der Waals surface area contributed by atoms with Crippen molar-refractivity contribution >= 4 is 50.4 Å². The van der Waals surface area contributed by atoms with E-state index in [1.54, 1.807) is 69.9 Å². The second-order valence-electron chi connectivity index (χ2n) is 7.97. The number of hydrogen-bond acceptors (Lipinski definition) is 8. The highest BCUT2D eigenvalue weighted by molar-refractivity contribution is 8.00. The average molecular weight is 511 g/mol. The number of nitrogens with one attached hydrogen (secondary N) is 3. The van der Waals surface area contributed by atoms with Gasteiger partial charge in [0, 0.05) is 54.4 Å². The number of piperazine rings is 1. The van der Waals surface area contributed by atoms with Crippen LogP contribution in [0, 0.1) is 0 Å². The van der Waals surface area contributed by atoms with Gasteiger partial charge in [-0.2, -0.15) is 4.83 Å². The zero-order chi connectivity index (χ0) is 24.4. The smallest absolute Gasteiger partial charge is 0.272 e. The lowest BCUT2D eigenvalue weighted by Gasteiger charge is -2.35. The van der Waals surface area contributed by atoms with Crippen LogP contribution in [0.3, 0.4) is 0 Å². The first-order valence-electron chi connectivity index (χ1n) is 10.8. The summed E-state index contributed by atoms with van der Waals surface area (Å²) < 4.78 is 28.5.